The Morgan fingerprint density at radius 1 is 1.16 bits per heavy atom. The van der Waals surface area contributed by atoms with Crippen molar-refractivity contribution in [2.45, 2.75) is 23.3 Å². The van der Waals surface area contributed by atoms with Crippen LogP contribution >= 0.6 is 11.8 Å². The van der Waals surface area contributed by atoms with Gasteiger partial charge in [-0.25, -0.2) is 0 Å². The van der Waals surface area contributed by atoms with Crippen LogP contribution in [0, 0.1) is 6.92 Å². The Labute approximate surface area is 119 Å². The SMILES string of the molecule is CNCc1cc(C)ccc1Sc1cccc(OC)c1. The van der Waals surface area contributed by atoms with E-state index in [0.717, 1.165) is 12.3 Å². The maximum Gasteiger partial charge on any atom is 0.119 e. The summed E-state index contributed by atoms with van der Waals surface area (Å²) >= 11 is 1.77. The van der Waals surface area contributed by atoms with E-state index < -0.39 is 0 Å². The Kier molecular flexibility index (Phi) is 4.88. The third-order valence-corrected chi connectivity index (χ3v) is 3.96. The fourth-order valence-corrected chi connectivity index (χ4v) is 2.90. The molecule has 0 aromatic heterocycles. The maximum atomic E-state index is 5.26. The van der Waals surface area contributed by atoms with E-state index >= 15 is 0 Å². The lowest BCUT2D eigenvalue weighted by Crippen LogP contribution is -2.06. The van der Waals surface area contributed by atoms with E-state index in [0.29, 0.717) is 0 Å². The van der Waals surface area contributed by atoms with Crippen molar-refractivity contribution < 1.29 is 4.74 Å². The number of methoxy groups -OCH3 is 1. The van der Waals surface area contributed by atoms with Crippen LogP contribution in [0.5, 0.6) is 5.75 Å². The highest BCUT2D eigenvalue weighted by atomic mass is 32.2. The minimum atomic E-state index is 0.883. The number of rotatable bonds is 5. The Morgan fingerprint density at radius 3 is 2.74 bits per heavy atom. The molecule has 0 saturated heterocycles. The van der Waals surface area contributed by atoms with Crippen molar-refractivity contribution in [1.82, 2.24) is 5.32 Å². The number of hydrogen-bond donors (Lipinski definition) is 1. The van der Waals surface area contributed by atoms with E-state index in [1.54, 1.807) is 18.9 Å². The molecule has 0 atom stereocenters. The van der Waals surface area contributed by atoms with Crippen LogP contribution in [-0.2, 0) is 6.54 Å². The first-order valence-electron chi connectivity index (χ1n) is 6.29. The van der Waals surface area contributed by atoms with E-state index in [1.165, 1.54) is 20.9 Å². The molecule has 2 aromatic carbocycles. The summed E-state index contributed by atoms with van der Waals surface area (Å²) in [6, 6.07) is 14.7. The molecule has 0 aliphatic carbocycles. The molecular weight excluding hydrogens is 254 g/mol. The summed E-state index contributed by atoms with van der Waals surface area (Å²) < 4.78 is 5.26. The Balaban J connectivity index is 2.26. The molecule has 0 spiro atoms. The highest BCUT2D eigenvalue weighted by Crippen LogP contribution is 2.32. The molecule has 0 saturated carbocycles. The van der Waals surface area contributed by atoms with Crippen molar-refractivity contribution in [2.24, 2.45) is 0 Å². The van der Waals surface area contributed by atoms with Crippen LogP contribution in [0.2, 0.25) is 0 Å². The number of hydrogen-bond acceptors (Lipinski definition) is 3. The number of aryl methyl sites for hydroxylation is 1. The molecule has 0 unspecified atom stereocenters. The first-order valence-corrected chi connectivity index (χ1v) is 7.10. The fraction of sp³-hybridized carbons (Fsp3) is 0.250. The second-order valence-electron chi connectivity index (χ2n) is 4.42. The van der Waals surface area contributed by atoms with Crippen LogP contribution in [0.4, 0.5) is 0 Å². The predicted molar refractivity (Wildman–Crippen MR) is 81.1 cm³/mol. The second-order valence-corrected chi connectivity index (χ2v) is 5.54. The van der Waals surface area contributed by atoms with Crippen molar-refractivity contribution in [3.8, 4) is 5.75 Å². The largest absolute Gasteiger partial charge is 0.497 e. The second kappa shape index (κ2) is 6.64. The van der Waals surface area contributed by atoms with Gasteiger partial charge < -0.3 is 10.1 Å². The number of benzene rings is 2. The molecule has 0 bridgehead atoms. The van der Waals surface area contributed by atoms with E-state index in [-0.39, 0.29) is 0 Å². The zero-order valence-electron chi connectivity index (χ0n) is 11.6. The van der Waals surface area contributed by atoms with Gasteiger partial charge in [-0.05, 0) is 43.8 Å². The van der Waals surface area contributed by atoms with Gasteiger partial charge in [0.15, 0.2) is 0 Å². The van der Waals surface area contributed by atoms with E-state index in [1.807, 2.05) is 19.2 Å². The molecule has 2 aromatic rings. The quantitative estimate of drug-likeness (QED) is 0.893. The van der Waals surface area contributed by atoms with Gasteiger partial charge in [0.25, 0.3) is 0 Å². The number of ether oxygens (including phenoxy) is 1. The van der Waals surface area contributed by atoms with Crippen molar-refractivity contribution in [2.75, 3.05) is 14.2 Å². The van der Waals surface area contributed by atoms with Gasteiger partial charge in [-0.2, -0.15) is 0 Å². The van der Waals surface area contributed by atoms with Gasteiger partial charge in [0.05, 0.1) is 7.11 Å². The van der Waals surface area contributed by atoms with Crippen LogP contribution in [0.1, 0.15) is 11.1 Å². The minimum absolute atomic E-state index is 0.883. The fourth-order valence-electron chi connectivity index (χ4n) is 1.93. The first-order chi connectivity index (χ1) is 9.22. The highest BCUT2D eigenvalue weighted by molar-refractivity contribution is 7.99. The standard InChI is InChI=1S/C16H19NOS/c1-12-7-8-16(13(9-12)11-17-2)19-15-6-4-5-14(10-15)18-3/h4-10,17H,11H2,1-3H3. The predicted octanol–water partition coefficient (Wildman–Crippen LogP) is 3.87. The third kappa shape index (κ3) is 3.75. The molecule has 3 heteroatoms. The van der Waals surface area contributed by atoms with Crippen molar-refractivity contribution in [3.63, 3.8) is 0 Å². The van der Waals surface area contributed by atoms with E-state index in [4.69, 9.17) is 4.74 Å². The molecule has 0 aliphatic rings. The molecule has 2 rings (SSSR count). The topological polar surface area (TPSA) is 21.3 Å². The normalized spacial score (nSPS) is 10.5. The monoisotopic (exact) mass is 273 g/mol. The van der Waals surface area contributed by atoms with Crippen LogP contribution in [0.3, 0.4) is 0 Å². The molecule has 0 aliphatic heterocycles. The molecule has 19 heavy (non-hydrogen) atoms. The van der Waals surface area contributed by atoms with Crippen LogP contribution in [0.15, 0.2) is 52.3 Å². The molecule has 0 amide bonds. The molecule has 1 N–H and O–H groups in total. The van der Waals surface area contributed by atoms with Crippen LogP contribution in [0.25, 0.3) is 0 Å². The summed E-state index contributed by atoms with van der Waals surface area (Å²) in [4.78, 5) is 2.48. The lowest BCUT2D eigenvalue weighted by molar-refractivity contribution is 0.413. The van der Waals surface area contributed by atoms with Crippen LogP contribution in [-0.4, -0.2) is 14.2 Å². The molecular formula is C16H19NOS. The summed E-state index contributed by atoms with van der Waals surface area (Å²) in [6.07, 6.45) is 0. The lowest BCUT2D eigenvalue weighted by Gasteiger charge is -2.10. The van der Waals surface area contributed by atoms with Gasteiger partial charge in [-0.1, -0.05) is 35.5 Å². The van der Waals surface area contributed by atoms with Crippen molar-refractivity contribution in [1.29, 1.82) is 0 Å². The molecule has 0 radical (unpaired) electrons. The summed E-state index contributed by atoms with van der Waals surface area (Å²) in [5, 5.41) is 3.22. The third-order valence-electron chi connectivity index (χ3n) is 2.85. The zero-order chi connectivity index (χ0) is 13.7. The summed E-state index contributed by atoms with van der Waals surface area (Å²) in [5.41, 5.74) is 2.62. The minimum Gasteiger partial charge on any atom is -0.497 e. The molecule has 0 fully saturated rings. The zero-order valence-corrected chi connectivity index (χ0v) is 12.4. The van der Waals surface area contributed by atoms with Gasteiger partial charge >= 0.3 is 0 Å². The molecule has 100 valence electrons. The highest BCUT2D eigenvalue weighted by Gasteiger charge is 2.05. The average Bonchev–Trinajstić information content (AvgIpc) is 2.42. The Morgan fingerprint density at radius 2 is 2.00 bits per heavy atom. The van der Waals surface area contributed by atoms with Gasteiger partial charge in [-0.3, -0.25) is 0 Å². The van der Waals surface area contributed by atoms with Crippen molar-refractivity contribution in [3.05, 3.63) is 53.6 Å². The summed E-state index contributed by atoms with van der Waals surface area (Å²) in [6.45, 7) is 3.01. The molecule has 0 heterocycles. The smallest absolute Gasteiger partial charge is 0.119 e. The lowest BCUT2D eigenvalue weighted by atomic mass is 10.1. The van der Waals surface area contributed by atoms with Crippen LogP contribution < -0.4 is 10.1 Å². The van der Waals surface area contributed by atoms with Gasteiger partial charge in [0.1, 0.15) is 5.75 Å². The van der Waals surface area contributed by atoms with Gasteiger partial charge in [0, 0.05) is 16.3 Å². The first kappa shape index (κ1) is 14.0. The van der Waals surface area contributed by atoms with E-state index in [2.05, 4.69) is 42.6 Å². The average molecular weight is 273 g/mol. The van der Waals surface area contributed by atoms with Gasteiger partial charge in [-0.15, -0.1) is 0 Å². The van der Waals surface area contributed by atoms with Gasteiger partial charge in [0.2, 0.25) is 0 Å². The molecule has 2 nitrogen and oxygen atoms in total. The van der Waals surface area contributed by atoms with E-state index in [9.17, 15) is 0 Å². The Hall–Kier alpha value is -1.45. The summed E-state index contributed by atoms with van der Waals surface area (Å²) in [7, 11) is 3.67. The van der Waals surface area contributed by atoms with Crippen molar-refractivity contribution >= 4 is 11.8 Å². The summed E-state index contributed by atoms with van der Waals surface area (Å²) in [5.74, 6) is 0.896. The Bertz CT molecular complexity index is 554. The maximum absolute atomic E-state index is 5.26. The number of nitrogens with one attached hydrogen (secondary N) is 1.